The Hall–Kier alpha value is -1.40. The molecule has 98 valence electrons. The molecule has 0 aromatic rings. The molecule has 0 bridgehead atoms. The maximum atomic E-state index is 12.1. The number of carbonyl (C=O) groups excluding carboxylic acids is 1. The number of carboxylic acids is 1. The van der Waals surface area contributed by atoms with Crippen LogP contribution in [0.15, 0.2) is 0 Å². The Balaban J connectivity index is 2.51. The summed E-state index contributed by atoms with van der Waals surface area (Å²) < 4.78 is 24.3. The fourth-order valence-electron chi connectivity index (χ4n) is 1.54. The number of aliphatic carboxylic acids is 1. The fourth-order valence-corrected chi connectivity index (χ4v) is 1.54. The third-order valence-electron chi connectivity index (χ3n) is 2.54. The molecule has 17 heavy (non-hydrogen) atoms. The highest BCUT2D eigenvalue weighted by Gasteiger charge is 2.34. The number of rotatable bonds is 6. The number of hydrogen-bond acceptors (Lipinski definition) is 2. The zero-order valence-electron chi connectivity index (χ0n) is 9.60. The molecule has 0 aromatic carbocycles. The SMILES string of the molecule is CN(CC(F)F)C(=O)N(CCC(=O)O)C1CC1. The summed E-state index contributed by atoms with van der Waals surface area (Å²) >= 11 is 0. The van der Waals surface area contributed by atoms with E-state index in [4.69, 9.17) is 5.11 Å². The number of hydrogen-bond donors (Lipinski definition) is 1. The van der Waals surface area contributed by atoms with Gasteiger partial charge in [0.05, 0.1) is 13.0 Å². The zero-order valence-corrected chi connectivity index (χ0v) is 9.60. The third-order valence-corrected chi connectivity index (χ3v) is 2.54. The predicted octanol–water partition coefficient (Wildman–Crippen LogP) is 1.24. The maximum Gasteiger partial charge on any atom is 0.320 e. The highest BCUT2D eigenvalue weighted by atomic mass is 19.3. The van der Waals surface area contributed by atoms with Crippen molar-refractivity contribution in [2.24, 2.45) is 0 Å². The standard InChI is InChI=1S/C10H16F2N2O3/c1-13(6-8(11)12)10(17)14(7-2-3-7)5-4-9(15)16/h7-8H,2-6H2,1H3,(H,15,16). The van der Waals surface area contributed by atoms with E-state index in [0.29, 0.717) is 0 Å². The predicted molar refractivity (Wildman–Crippen MR) is 56.0 cm³/mol. The van der Waals surface area contributed by atoms with E-state index >= 15 is 0 Å². The molecule has 0 saturated heterocycles. The van der Waals surface area contributed by atoms with Crippen LogP contribution in [-0.2, 0) is 4.79 Å². The van der Waals surface area contributed by atoms with Gasteiger partial charge < -0.3 is 14.9 Å². The Morgan fingerprint density at radius 2 is 2.00 bits per heavy atom. The molecule has 2 amide bonds. The smallest absolute Gasteiger partial charge is 0.320 e. The van der Waals surface area contributed by atoms with Crippen LogP contribution in [-0.4, -0.2) is 59.5 Å². The van der Waals surface area contributed by atoms with Crippen molar-refractivity contribution in [1.82, 2.24) is 9.80 Å². The molecule has 1 rings (SSSR count). The van der Waals surface area contributed by atoms with Gasteiger partial charge in [-0.25, -0.2) is 13.6 Å². The molecule has 1 aliphatic rings. The van der Waals surface area contributed by atoms with Gasteiger partial charge in [-0.2, -0.15) is 0 Å². The second kappa shape index (κ2) is 5.79. The molecule has 1 N–H and O–H groups in total. The van der Waals surface area contributed by atoms with Gasteiger partial charge in [0.1, 0.15) is 0 Å². The van der Waals surface area contributed by atoms with Crippen LogP contribution in [0.5, 0.6) is 0 Å². The second-order valence-electron chi connectivity index (χ2n) is 4.12. The van der Waals surface area contributed by atoms with Gasteiger partial charge in [0.15, 0.2) is 0 Å². The molecule has 0 aromatic heterocycles. The zero-order chi connectivity index (χ0) is 13.0. The number of carbonyl (C=O) groups is 2. The third kappa shape index (κ3) is 4.54. The van der Waals surface area contributed by atoms with Crippen molar-refractivity contribution in [2.75, 3.05) is 20.1 Å². The van der Waals surface area contributed by atoms with Crippen LogP contribution in [0.4, 0.5) is 13.6 Å². The van der Waals surface area contributed by atoms with E-state index in [1.807, 2.05) is 0 Å². The van der Waals surface area contributed by atoms with Crippen LogP contribution in [0, 0.1) is 0 Å². The Kier molecular flexibility index (Phi) is 4.65. The minimum Gasteiger partial charge on any atom is -0.481 e. The Morgan fingerprint density at radius 1 is 1.41 bits per heavy atom. The lowest BCUT2D eigenvalue weighted by Gasteiger charge is -2.27. The fraction of sp³-hybridized carbons (Fsp3) is 0.800. The second-order valence-corrected chi connectivity index (χ2v) is 4.12. The average molecular weight is 250 g/mol. The number of nitrogens with zero attached hydrogens (tertiary/aromatic N) is 2. The van der Waals surface area contributed by atoms with Crippen molar-refractivity contribution < 1.29 is 23.5 Å². The van der Waals surface area contributed by atoms with Gasteiger partial charge in [-0.05, 0) is 12.8 Å². The first kappa shape index (κ1) is 13.7. The van der Waals surface area contributed by atoms with Crippen molar-refractivity contribution in [3.8, 4) is 0 Å². The minimum atomic E-state index is -2.58. The molecule has 0 spiro atoms. The first-order valence-corrected chi connectivity index (χ1v) is 5.43. The largest absolute Gasteiger partial charge is 0.481 e. The normalized spacial score (nSPS) is 14.8. The summed E-state index contributed by atoms with van der Waals surface area (Å²) in [5.41, 5.74) is 0. The van der Waals surface area contributed by atoms with Gasteiger partial charge in [0.2, 0.25) is 0 Å². The molecule has 5 nitrogen and oxygen atoms in total. The first-order valence-electron chi connectivity index (χ1n) is 5.43. The maximum absolute atomic E-state index is 12.1. The van der Waals surface area contributed by atoms with Gasteiger partial charge >= 0.3 is 12.0 Å². The topological polar surface area (TPSA) is 60.9 Å². The van der Waals surface area contributed by atoms with E-state index in [2.05, 4.69) is 0 Å². The number of alkyl halides is 2. The first-order chi connectivity index (χ1) is 7.91. The molecule has 0 unspecified atom stereocenters. The summed E-state index contributed by atoms with van der Waals surface area (Å²) in [5.74, 6) is -1.00. The lowest BCUT2D eigenvalue weighted by molar-refractivity contribution is -0.137. The molecular formula is C10H16F2N2O3. The summed E-state index contributed by atoms with van der Waals surface area (Å²) in [6, 6.07) is -0.504. The highest BCUT2D eigenvalue weighted by Crippen LogP contribution is 2.27. The number of carboxylic acid groups (broad SMARTS) is 1. The van der Waals surface area contributed by atoms with E-state index in [-0.39, 0.29) is 19.0 Å². The van der Waals surface area contributed by atoms with Crippen LogP contribution < -0.4 is 0 Å². The van der Waals surface area contributed by atoms with Crippen LogP contribution >= 0.6 is 0 Å². The molecule has 1 saturated carbocycles. The quantitative estimate of drug-likeness (QED) is 0.771. The van der Waals surface area contributed by atoms with E-state index < -0.39 is 25.0 Å². The van der Waals surface area contributed by atoms with Crippen molar-refractivity contribution in [3.63, 3.8) is 0 Å². The van der Waals surface area contributed by atoms with Crippen molar-refractivity contribution in [2.45, 2.75) is 31.7 Å². The van der Waals surface area contributed by atoms with Gasteiger partial charge in [-0.15, -0.1) is 0 Å². The van der Waals surface area contributed by atoms with Crippen LogP contribution in [0.25, 0.3) is 0 Å². The van der Waals surface area contributed by atoms with Gasteiger partial charge in [0, 0.05) is 19.6 Å². The molecule has 1 fully saturated rings. The Bertz CT molecular complexity index is 295. The van der Waals surface area contributed by atoms with Crippen LogP contribution in [0.1, 0.15) is 19.3 Å². The molecule has 7 heteroatoms. The lowest BCUT2D eigenvalue weighted by atomic mass is 10.3. The molecule has 1 aliphatic carbocycles. The van der Waals surface area contributed by atoms with Crippen molar-refractivity contribution >= 4 is 12.0 Å². The molecular weight excluding hydrogens is 234 g/mol. The number of halogens is 2. The van der Waals surface area contributed by atoms with Gasteiger partial charge in [-0.3, -0.25) is 4.79 Å². The average Bonchev–Trinajstić information content (AvgIpc) is 3.00. The lowest BCUT2D eigenvalue weighted by Crippen LogP contribution is -2.45. The monoisotopic (exact) mass is 250 g/mol. The van der Waals surface area contributed by atoms with Gasteiger partial charge in [-0.1, -0.05) is 0 Å². The van der Waals surface area contributed by atoms with Crippen LogP contribution in [0.2, 0.25) is 0 Å². The van der Waals surface area contributed by atoms with Crippen LogP contribution in [0.3, 0.4) is 0 Å². The van der Waals surface area contributed by atoms with E-state index in [0.717, 1.165) is 17.7 Å². The summed E-state index contributed by atoms with van der Waals surface area (Å²) in [6.45, 7) is -0.554. The Labute approximate surface area is 98.0 Å². The Morgan fingerprint density at radius 3 is 2.41 bits per heavy atom. The minimum absolute atomic E-state index is 0.0157. The number of urea groups is 1. The van der Waals surface area contributed by atoms with E-state index in [1.165, 1.54) is 11.9 Å². The molecule has 0 atom stereocenters. The number of amides is 2. The molecule has 0 radical (unpaired) electrons. The summed E-state index contributed by atoms with van der Waals surface area (Å²) in [6.07, 6.45) is -1.11. The van der Waals surface area contributed by atoms with E-state index in [9.17, 15) is 18.4 Å². The summed E-state index contributed by atoms with van der Waals surface area (Å²) in [7, 11) is 1.30. The van der Waals surface area contributed by atoms with Crippen molar-refractivity contribution in [3.05, 3.63) is 0 Å². The van der Waals surface area contributed by atoms with Crippen molar-refractivity contribution in [1.29, 1.82) is 0 Å². The van der Waals surface area contributed by atoms with Gasteiger partial charge in [0.25, 0.3) is 6.43 Å². The molecule has 0 aliphatic heterocycles. The summed E-state index contributed by atoms with van der Waals surface area (Å²) in [4.78, 5) is 24.6. The highest BCUT2D eigenvalue weighted by molar-refractivity contribution is 5.76. The molecule has 0 heterocycles. The van der Waals surface area contributed by atoms with E-state index in [1.54, 1.807) is 0 Å². The summed E-state index contributed by atoms with van der Waals surface area (Å²) in [5, 5.41) is 8.56.